The SMILES string of the molecule is CC1C(=O)N(C2CCCCC2)C(=O)C1C.CC1C(=O)NC(=O)C1C. The van der Waals surface area contributed by atoms with E-state index in [-0.39, 0.29) is 53.3 Å². The van der Waals surface area contributed by atoms with Gasteiger partial charge in [-0.05, 0) is 12.8 Å². The first-order valence-corrected chi connectivity index (χ1v) is 8.97. The van der Waals surface area contributed by atoms with Crippen LogP contribution in [0.5, 0.6) is 0 Å². The first-order valence-electron chi connectivity index (χ1n) is 8.97. The van der Waals surface area contributed by atoms with E-state index in [9.17, 15) is 19.2 Å². The van der Waals surface area contributed by atoms with Gasteiger partial charge in [-0.15, -0.1) is 0 Å². The normalized spacial score (nSPS) is 34.2. The second kappa shape index (κ2) is 7.45. The third-order valence-corrected chi connectivity index (χ3v) is 5.77. The van der Waals surface area contributed by atoms with Crippen LogP contribution in [0.3, 0.4) is 0 Å². The number of nitrogens with zero attached hydrogens (tertiary/aromatic N) is 1. The molecule has 0 aromatic carbocycles. The molecule has 1 aliphatic carbocycles. The average Bonchev–Trinajstić information content (AvgIpc) is 2.91. The van der Waals surface area contributed by atoms with Crippen molar-refractivity contribution in [1.29, 1.82) is 0 Å². The van der Waals surface area contributed by atoms with Gasteiger partial charge in [-0.2, -0.15) is 0 Å². The lowest BCUT2D eigenvalue weighted by molar-refractivity contribution is -0.143. The van der Waals surface area contributed by atoms with Gasteiger partial charge in [0.25, 0.3) is 0 Å². The number of likely N-dealkylation sites (tertiary alicyclic amines) is 1. The molecule has 6 heteroatoms. The Morgan fingerprint density at radius 2 is 1.12 bits per heavy atom. The number of imide groups is 2. The van der Waals surface area contributed by atoms with Gasteiger partial charge in [0.2, 0.25) is 23.6 Å². The molecule has 4 atom stereocenters. The molecule has 2 heterocycles. The Kier molecular flexibility index (Phi) is 5.78. The summed E-state index contributed by atoms with van der Waals surface area (Å²) in [5, 5.41) is 2.24. The molecule has 2 saturated heterocycles. The standard InChI is InChI=1S/C12H19NO2.C6H9NO2/c1-8-9(2)12(15)13(11(8)14)10-6-4-3-5-7-10;1-3-4(2)6(9)7-5(3)8/h8-10H,3-7H2,1-2H3;3-4H,1-2H3,(H,7,8,9). The molecular weight excluding hydrogens is 308 g/mol. The van der Waals surface area contributed by atoms with Crippen molar-refractivity contribution in [2.45, 2.75) is 65.8 Å². The molecule has 0 aromatic heterocycles. The Hall–Kier alpha value is -1.72. The highest BCUT2D eigenvalue weighted by Crippen LogP contribution is 2.32. The molecule has 1 N–H and O–H groups in total. The summed E-state index contributed by atoms with van der Waals surface area (Å²) in [5.41, 5.74) is 0. The maximum Gasteiger partial charge on any atom is 0.233 e. The minimum Gasteiger partial charge on any atom is -0.296 e. The van der Waals surface area contributed by atoms with Gasteiger partial charge < -0.3 is 0 Å². The fourth-order valence-electron chi connectivity index (χ4n) is 3.48. The molecule has 2 aliphatic heterocycles. The van der Waals surface area contributed by atoms with E-state index in [4.69, 9.17) is 0 Å². The van der Waals surface area contributed by atoms with E-state index in [2.05, 4.69) is 5.32 Å². The van der Waals surface area contributed by atoms with E-state index in [1.807, 2.05) is 13.8 Å². The third-order valence-electron chi connectivity index (χ3n) is 5.77. The van der Waals surface area contributed by atoms with Crippen LogP contribution < -0.4 is 5.32 Å². The van der Waals surface area contributed by atoms with E-state index in [0.29, 0.717) is 0 Å². The van der Waals surface area contributed by atoms with Gasteiger partial charge in [-0.3, -0.25) is 29.4 Å². The Labute approximate surface area is 143 Å². The molecule has 4 unspecified atom stereocenters. The summed E-state index contributed by atoms with van der Waals surface area (Å²) in [7, 11) is 0. The van der Waals surface area contributed by atoms with Crippen LogP contribution in [0.1, 0.15) is 59.8 Å². The molecule has 3 aliphatic rings. The second-order valence-corrected chi connectivity index (χ2v) is 7.35. The van der Waals surface area contributed by atoms with Crippen LogP contribution in [-0.2, 0) is 19.2 Å². The molecule has 4 amide bonds. The molecule has 0 radical (unpaired) electrons. The average molecular weight is 336 g/mol. The Bertz CT molecular complexity index is 501. The minimum atomic E-state index is -0.146. The topological polar surface area (TPSA) is 83.6 Å². The number of carbonyl (C=O) groups is 4. The van der Waals surface area contributed by atoms with Gasteiger partial charge in [0.05, 0.1) is 0 Å². The molecule has 3 fully saturated rings. The van der Waals surface area contributed by atoms with Crippen molar-refractivity contribution in [2.75, 3.05) is 0 Å². The third kappa shape index (κ3) is 3.52. The predicted molar refractivity (Wildman–Crippen MR) is 88.5 cm³/mol. The van der Waals surface area contributed by atoms with Crippen molar-refractivity contribution >= 4 is 23.6 Å². The molecule has 6 nitrogen and oxygen atoms in total. The Balaban J connectivity index is 0.000000198. The lowest BCUT2D eigenvalue weighted by Crippen LogP contribution is -2.41. The Morgan fingerprint density at radius 1 is 0.708 bits per heavy atom. The van der Waals surface area contributed by atoms with Crippen LogP contribution in [0.15, 0.2) is 0 Å². The lowest BCUT2D eigenvalue weighted by Gasteiger charge is -2.29. The highest BCUT2D eigenvalue weighted by molar-refractivity contribution is 6.05. The maximum atomic E-state index is 11.9. The van der Waals surface area contributed by atoms with Crippen molar-refractivity contribution in [2.24, 2.45) is 23.7 Å². The van der Waals surface area contributed by atoms with Crippen LogP contribution in [0, 0.1) is 23.7 Å². The first kappa shape index (κ1) is 18.6. The van der Waals surface area contributed by atoms with Gasteiger partial charge >= 0.3 is 0 Å². The summed E-state index contributed by atoms with van der Waals surface area (Å²) >= 11 is 0. The van der Waals surface area contributed by atoms with Crippen molar-refractivity contribution in [1.82, 2.24) is 10.2 Å². The van der Waals surface area contributed by atoms with E-state index in [0.717, 1.165) is 25.7 Å². The minimum absolute atomic E-state index is 0.0550. The first-order chi connectivity index (χ1) is 11.3. The second-order valence-electron chi connectivity index (χ2n) is 7.35. The zero-order valence-corrected chi connectivity index (χ0v) is 15.0. The smallest absolute Gasteiger partial charge is 0.233 e. The van der Waals surface area contributed by atoms with Gasteiger partial charge in [0, 0.05) is 29.7 Å². The van der Waals surface area contributed by atoms with E-state index in [1.54, 1.807) is 18.7 Å². The summed E-state index contributed by atoms with van der Waals surface area (Å²) in [5.74, 6) is -0.687. The summed E-state index contributed by atoms with van der Waals surface area (Å²) in [6.45, 7) is 7.25. The molecular formula is C18H28N2O4. The lowest BCUT2D eigenvalue weighted by atomic mass is 9.94. The number of amides is 4. The molecule has 134 valence electrons. The van der Waals surface area contributed by atoms with E-state index in [1.165, 1.54) is 6.42 Å². The monoisotopic (exact) mass is 336 g/mol. The zero-order chi connectivity index (χ0) is 18.0. The number of nitrogens with one attached hydrogen (secondary N) is 1. The maximum absolute atomic E-state index is 11.9. The molecule has 24 heavy (non-hydrogen) atoms. The van der Waals surface area contributed by atoms with Gasteiger partial charge in [0.1, 0.15) is 0 Å². The van der Waals surface area contributed by atoms with Gasteiger partial charge in [0.15, 0.2) is 0 Å². The van der Waals surface area contributed by atoms with Gasteiger partial charge in [-0.25, -0.2) is 0 Å². The summed E-state index contributed by atoms with van der Waals surface area (Å²) in [6.07, 6.45) is 5.58. The number of hydrogen-bond donors (Lipinski definition) is 1. The number of rotatable bonds is 1. The fourth-order valence-corrected chi connectivity index (χ4v) is 3.48. The fraction of sp³-hybridized carbons (Fsp3) is 0.778. The highest BCUT2D eigenvalue weighted by atomic mass is 16.2. The molecule has 0 spiro atoms. The number of carbonyl (C=O) groups excluding carboxylic acids is 4. The van der Waals surface area contributed by atoms with Crippen molar-refractivity contribution in [3.63, 3.8) is 0 Å². The van der Waals surface area contributed by atoms with Crippen LogP contribution in [0.2, 0.25) is 0 Å². The largest absolute Gasteiger partial charge is 0.296 e. The van der Waals surface area contributed by atoms with E-state index < -0.39 is 0 Å². The number of hydrogen-bond acceptors (Lipinski definition) is 4. The molecule has 1 saturated carbocycles. The molecule has 0 bridgehead atoms. The van der Waals surface area contributed by atoms with Gasteiger partial charge in [-0.1, -0.05) is 47.0 Å². The molecule has 0 aromatic rings. The summed E-state index contributed by atoms with van der Waals surface area (Å²) in [4.78, 5) is 46.8. The van der Waals surface area contributed by atoms with Crippen LogP contribution in [0.4, 0.5) is 0 Å². The van der Waals surface area contributed by atoms with Crippen LogP contribution in [0.25, 0.3) is 0 Å². The van der Waals surface area contributed by atoms with Crippen LogP contribution >= 0.6 is 0 Å². The van der Waals surface area contributed by atoms with Crippen molar-refractivity contribution < 1.29 is 19.2 Å². The molecule has 3 rings (SSSR count). The van der Waals surface area contributed by atoms with Crippen molar-refractivity contribution in [3.8, 4) is 0 Å². The zero-order valence-electron chi connectivity index (χ0n) is 15.0. The summed E-state index contributed by atoms with van der Waals surface area (Å²) in [6, 6.07) is 0.200. The van der Waals surface area contributed by atoms with Crippen molar-refractivity contribution in [3.05, 3.63) is 0 Å². The van der Waals surface area contributed by atoms with E-state index >= 15 is 0 Å². The van der Waals surface area contributed by atoms with Crippen LogP contribution in [-0.4, -0.2) is 34.6 Å². The predicted octanol–water partition coefficient (Wildman–Crippen LogP) is 1.88. The Morgan fingerprint density at radius 3 is 1.46 bits per heavy atom. The highest BCUT2D eigenvalue weighted by Gasteiger charge is 2.45. The summed E-state index contributed by atoms with van der Waals surface area (Å²) < 4.78 is 0. The quantitative estimate of drug-likeness (QED) is 0.741.